The van der Waals surface area contributed by atoms with Crippen molar-refractivity contribution in [2.24, 2.45) is 0 Å². The summed E-state index contributed by atoms with van der Waals surface area (Å²) in [4.78, 5) is 4.12. The maximum atomic E-state index is 8.67. The Morgan fingerprint density at radius 2 is 2.44 bits per heavy atom. The van der Waals surface area contributed by atoms with Crippen molar-refractivity contribution in [2.75, 3.05) is 5.73 Å². The molecule has 0 atom stereocenters. The quantitative estimate of drug-likeness (QED) is 0.821. The maximum absolute atomic E-state index is 8.67. The largest absolute Gasteiger partial charge is 0.468 e. The molecule has 2 rings (SSSR count). The number of rotatable bonds is 3. The summed E-state index contributed by atoms with van der Waals surface area (Å²) in [6.07, 6.45) is 3.15. The minimum absolute atomic E-state index is 0.472. The van der Waals surface area contributed by atoms with E-state index in [4.69, 9.17) is 15.4 Å². The molecule has 0 unspecified atom stereocenters. The van der Waals surface area contributed by atoms with Crippen LogP contribution in [-0.4, -0.2) is 4.98 Å². The highest BCUT2D eigenvalue weighted by molar-refractivity contribution is 7.98. The Bertz CT molecular complexity index is 517. The number of furan rings is 1. The molecule has 0 aliphatic heterocycles. The fourth-order valence-electron chi connectivity index (χ4n) is 1.19. The number of nitrogens with two attached hydrogens (primary N) is 1. The van der Waals surface area contributed by atoms with Gasteiger partial charge in [-0.1, -0.05) is 11.8 Å². The molecule has 0 bridgehead atoms. The van der Waals surface area contributed by atoms with Gasteiger partial charge in [-0.15, -0.1) is 0 Å². The van der Waals surface area contributed by atoms with Crippen molar-refractivity contribution in [1.82, 2.24) is 4.98 Å². The molecule has 0 fully saturated rings. The molecule has 16 heavy (non-hydrogen) atoms. The zero-order chi connectivity index (χ0) is 11.4. The number of anilines is 1. The van der Waals surface area contributed by atoms with Crippen molar-refractivity contribution in [3.8, 4) is 6.07 Å². The molecular formula is C11H9N3OS. The van der Waals surface area contributed by atoms with E-state index in [0.29, 0.717) is 17.0 Å². The van der Waals surface area contributed by atoms with Crippen molar-refractivity contribution >= 4 is 17.4 Å². The summed E-state index contributed by atoms with van der Waals surface area (Å²) >= 11 is 1.48. The molecule has 0 amide bonds. The summed E-state index contributed by atoms with van der Waals surface area (Å²) < 4.78 is 5.20. The Hall–Kier alpha value is -1.93. The molecule has 0 aliphatic rings. The van der Waals surface area contributed by atoms with Crippen molar-refractivity contribution in [3.05, 3.63) is 42.0 Å². The number of nitriles is 1. The molecular weight excluding hydrogens is 222 g/mol. The van der Waals surface area contributed by atoms with Crippen LogP contribution in [0.3, 0.4) is 0 Å². The van der Waals surface area contributed by atoms with E-state index in [1.165, 1.54) is 18.0 Å². The first kappa shape index (κ1) is 10.6. The van der Waals surface area contributed by atoms with Crippen LogP contribution >= 0.6 is 11.8 Å². The van der Waals surface area contributed by atoms with Gasteiger partial charge in [0.05, 0.1) is 23.3 Å². The number of hydrogen-bond acceptors (Lipinski definition) is 5. The number of aromatic nitrogens is 1. The van der Waals surface area contributed by atoms with Gasteiger partial charge in [0.1, 0.15) is 16.9 Å². The summed E-state index contributed by atoms with van der Waals surface area (Å²) in [5.74, 6) is 1.55. The Kier molecular flexibility index (Phi) is 3.13. The van der Waals surface area contributed by atoms with Crippen molar-refractivity contribution in [2.45, 2.75) is 10.8 Å². The first-order valence-electron chi connectivity index (χ1n) is 4.60. The van der Waals surface area contributed by atoms with Crippen molar-refractivity contribution < 1.29 is 4.42 Å². The number of nitrogens with zero attached hydrogens (tertiary/aromatic N) is 2. The molecule has 0 saturated carbocycles. The Morgan fingerprint density at radius 3 is 3.06 bits per heavy atom. The van der Waals surface area contributed by atoms with Gasteiger partial charge in [-0.2, -0.15) is 5.26 Å². The first-order chi connectivity index (χ1) is 7.79. The zero-order valence-corrected chi connectivity index (χ0v) is 9.20. The minimum atomic E-state index is 0.472. The van der Waals surface area contributed by atoms with E-state index in [2.05, 4.69) is 4.98 Å². The number of nitrogen functional groups attached to an aromatic ring is 1. The van der Waals surface area contributed by atoms with E-state index in [9.17, 15) is 0 Å². The van der Waals surface area contributed by atoms with Gasteiger partial charge in [0, 0.05) is 6.20 Å². The monoisotopic (exact) mass is 231 g/mol. The lowest BCUT2D eigenvalue weighted by atomic mass is 10.3. The molecule has 4 nitrogen and oxygen atoms in total. The van der Waals surface area contributed by atoms with E-state index in [1.54, 1.807) is 12.3 Å². The van der Waals surface area contributed by atoms with Crippen LogP contribution in [0.15, 0.2) is 40.1 Å². The van der Waals surface area contributed by atoms with Gasteiger partial charge in [0.2, 0.25) is 0 Å². The van der Waals surface area contributed by atoms with Gasteiger partial charge in [0.25, 0.3) is 0 Å². The maximum Gasteiger partial charge on any atom is 0.119 e. The fraction of sp³-hybridized carbons (Fsp3) is 0.0909. The lowest BCUT2D eigenvalue weighted by Gasteiger charge is -2.02. The third-order valence-corrected chi connectivity index (χ3v) is 2.98. The molecule has 2 heterocycles. The van der Waals surface area contributed by atoms with Crippen LogP contribution in [0.5, 0.6) is 0 Å². The Balaban J connectivity index is 2.08. The molecule has 0 aromatic carbocycles. The van der Waals surface area contributed by atoms with Crippen LogP contribution in [0.2, 0.25) is 0 Å². The second kappa shape index (κ2) is 4.73. The zero-order valence-electron chi connectivity index (χ0n) is 8.38. The fourth-order valence-corrected chi connectivity index (χ4v) is 1.98. The third-order valence-electron chi connectivity index (χ3n) is 1.94. The van der Waals surface area contributed by atoms with Crippen LogP contribution in [-0.2, 0) is 5.75 Å². The van der Waals surface area contributed by atoms with Crippen molar-refractivity contribution in [3.63, 3.8) is 0 Å². The first-order valence-corrected chi connectivity index (χ1v) is 5.59. The Labute approximate surface area is 97.1 Å². The highest BCUT2D eigenvalue weighted by atomic mass is 32.2. The van der Waals surface area contributed by atoms with Crippen LogP contribution in [0.25, 0.3) is 0 Å². The van der Waals surface area contributed by atoms with Gasteiger partial charge < -0.3 is 10.2 Å². The van der Waals surface area contributed by atoms with E-state index in [-0.39, 0.29) is 0 Å². The lowest BCUT2D eigenvalue weighted by molar-refractivity contribution is 0.530. The summed E-state index contributed by atoms with van der Waals surface area (Å²) in [6, 6.07) is 7.35. The van der Waals surface area contributed by atoms with E-state index in [1.807, 2.05) is 18.2 Å². The average molecular weight is 231 g/mol. The topological polar surface area (TPSA) is 75.8 Å². The van der Waals surface area contributed by atoms with Gasteiger partial charge in [-0.05, 0) is 18.2 Å². The lowest BCUT2D eigenvalue weighted by Crippen LogP contribution is -1.93. The highest BCUT2D eigenvalue weighted by Crippen LogP contribution is 2.26. The molecule has 5 heteroatoms. The Morgan fingerprint density at radius 1 is 1.56 bits per heavy atom. The number of thioether (sulfide) groups is 1. The summed E-state index contributed by atoms with van der Waals surface area (Å²) in [7, 11) is 0. The van der Waals surface area contributed by atoms with E-state index < -0.39 is 0 Å². The minimum Gasteiger partial charge on any atom is -0.468 e. The normalized spacial score (nSPS) is 9.94. The van der Waals surface area contributed by atoms with Crippen LogP contribution in [0.1, 0.15) is 11.3 Å². The SMILES string of the molecule is N#Cc1cnc(SCc2ccco2)c(N)c1. The molecule has 2 N–H and O–H groups in total. The van der Waals surface area contributed by atoms with E-state index >= 15 is 0 Å². The summed E-state index contributed by atoms with van der Waals surface area (Å²) in [6.45, 7) is 0. The van der Waals surface area contributed by atoms with E-state index in [0.717, 1.165) is 10.8 Å². The predicted octanol–water partition coefficient (Wildman–Crippen LogP) is 2.42. The molecule has 2 aromatic heterocycles. The van der Waals surface area contributed by atoms with Crippen LogP contribution in [0.4, 0.5) is 5.69 Å². The summed E-state index contributed by atoms with van der Waals surface area (Å²) in [5.41, 5.74) is 6.77. The standard InChI is InChI=1S/C11H9N3OS/c12-5-8-4-10(13)11(14-6-8)16-7-9-2-1-3-15-9/h1-4,6H,7,13H2. The van der Waals surface area contributed by atoms with Gasteiger partial charge in [-0.3, -0.25) is 0 Å². The highest BCUT2D eigenvalue weighted by Gasteiger charge is 2.04. The predicted molar refractivity (Wildman–Crippen MR) is 61.6 cm³/mol. The van der Waals surface area contributed by atoms with Gasteiger partial charge in [-0.25, -0.2) is 4.98 Å². The van der Waals surface area contributed by atoms with Crippen molar-refractivity contribution in [1.29, 1.82) is 5.26 Å². The number of pyridine rings is 1. The third kappa shape index (κ3) is 2.35. The van der Waals surface area contributed by atoms with Gasteiger partial charge >= 0.3 is 0 Å². The molecule has 0 aliphatic carbocycles. The second-order valence-corrected chi connectivity index (χ2v) is 4.06. The molecule has 2 aromatic rings. The van der Waals surface area contributed by atoms with Gasteiger partial charge in [0.15, 0.2) is 0 Å². The smallest absolute Gasteiger partial charge is 0.119 e. The number of hydrogen-bond donors (Lipinski definition) is 1. The average Bonchev–Trinajstić information content (AvgIpc) is 2.80. The molecule has 0 spiro atoms. The molecule has 0 saturated heterocycles. The van der Waals surface area contributed by atoms with Crippen LogP contribution in [0, 0.1) is 11.3 Å². The van der Waals surface area contributed by atoms with Crippen LogP contribution < -0.4 is 5.73 Å². The molecule has 0 radical (unpaired) electrons. The summed E-state index contributed by atoms with van der Waals surface area (Å²) in [5, 5.41) is 9.38. The second-order valence-electron chi connectivity index (χ2n) is 3.10. The molecule has 80 valence electrons.